The van der Waals surface area contributed by atoms with Crippen LogP contribution in [0.3, 0.4) is 0 Å². The Labute approximate surface area is 155 Å². The Balaban J connectivity index is 1.77. The van der Waals surface area contributed by atoms with Crippen LogP contribution in [-0.2, 0) is 20.9 Å². The molecule has 26 heavy (non-hydrogen) atoms. The minimum Gasteiger partial charge on any atom is -0.460 e. The van der Waals surface area contributed by atoms with Crippen molar-refractivity contribution in [2.24, 2.45) is 0 Å². The average molecular weight is 371 g/mol. The van der Waals surface area contributed by atoms with Crippen LogP contribution in [0, 0.1) is 11.8 Å². The number of benzene rings is 1. The van der Waals surface area contributed by atoms with Crippen molar-refractivity contribution in [1.29, 1.82) is 0 Å². The number of nitrogens with one attached hydrogen (secondary N) is 1. The molecule has 0 aliphatic rings. The molecular formula is C19H17NO5S. The first-order chi connectivity index (χ1) is 12.6. The van der Waals surface area contributed by atoms with E-state index in [-0.39, 0.29) is 24.6 Å². The summed E-state index contributed by atoms with van der Waals surface area (Å²) in [4.78, 5) is 35.6. The predicted octanol–water partition coefficient (Wildman–Crippen LogP) is 2.77. The lowest BCUT2D eigenvalue weighted by Crippen LogP contribution is -2.24. The van der Waals surface area contributed by atoms with E-state index in [9.17, 15) is 14.4 Å². The van der Waals surface area contributed by atoms with Crippen molar-refractivity contribution < 1.29 is 23.9 Å². The molecule has 0 saturated heterocycles. The van der Waals surface area contributed by atoms with E-state index < -0.39 is 17.8 Å². The van der Waals surface area contributed by atoms with E-state index in [2.05, 4.69) is 21.9 Å². The van der Waals surface area contributed by atoms with Crippen LogP contribution in [0.1, 0.15) is 27.0 Å². The highest BCUT2D eigenvalue weighted by Gasteiger charge is 2.19. The van der Waals surface area contributed by atoms with Gasteiger partial charge in [0.1, 0.15) is 6.61 Å². The largest absolute Gasteiger partial charge is 0.460 e. The second kappa shape index (κ2) is 10.0. The normalized spacial score (nSPS) is 9.58. The van der Waals surface area contributed by atoms with Gasteiger partial charge in [-0.3, -0.25) is 4.79 Å². The number of carbonyl (C=O) groups is 3. The van der Waals surface area contributed by atoms with Gasteiger partial charge in [-0.15, -0.1) is 11.3 Å². The molecule has 1 aromatic heterocycles. The van der Waals surface area contributed by atoms with Gasteiger partial charge in [0.25, 0.3) is 5.78 Å². The van der Waals surface area contributed by atoms with Crippen molar-refractivity contribution in [2.45, 2.75) is 13.5 Å². The zero-order valence-electron chi connectivity index (χ0n) is 14.1. The lowest BCUT2D eigenvalue weighted by atomic mass is 10.2. The van der Waals surface area contributed by atoms with E-state index in [1.165, 1.54) is 6.07 Å². The Kier molecular flexibility index (Phi) is 7.40. The molecule has 2 rings (SSSR count). The van der Waals surface area contributed by atoms with Crippen LogP contribution < -0.4 is 5.32 Å². The van der Waals surface area contributed by atoms with Crippen LogP contribution in [0.4, 0.5) is 4.79 Å². The molecule has 1 amide bonds. The van der Waals surface area contributed by atoms with Gasteiger partial charge < -0.3 is 14.8 Å². The standard InChI is InChI=1S/C19H17NO5S/c1-2-24-18(22)17(21)16-11-10-15(26-16)9-6-12-20-19(23)25-13-14-7-4-3-5-8-14/h3-5,7-8,10-11H,2,12-13H2,1H3,(H,20,23). The number of ether oxygens (including phenoxy) is 2. The van der Waals surface area contributed by atoms with Gasteiger partial charge in [0.05, 0.1) is 22.9 Å². The Morgan fingerprint density at radius 2 is 1.85 bits per heavy atom. The first-order valence-electron chi connectivity index (χ1n) is 7.85. The number of alkyl carbamates (subject to hydrolysis) is 1. The minimum atomic E-state index is -0.878. The second-order valence-corrected chi connectivity index (χ2v) is 6.01. The van der Waals surface area contributed by atoms with Gasteiger partial charge in [0.15, 0.2) is 0 Å². The number of esters is 1. The van der Waals surface area contributed by atoms with Gasteiger partial charge in [-0.2, -0.15) is 0 Å². The van der Waals surface area contributed by atoms with Crippen molar-refractivity contribution in [3.63, 3.8) is 0 Å². The maximum atomic E-state index is 11.8. The summed E-state index contributed by atoms with van der Waals surface area (Å²) in [6.07, 6.45) is -0.562. The van der Waals surface area contributed by atoms with E-state index >= 15 is 0 Å². The molecule has 0 radical (unpaired) electrons. The fraction of sp³-hybridized carbons (Fsp3) is 0.211. The third-order valence-corrected chi connectivity index (χ3v) is 4.04. The molecule has 0 fully saturated rings. The molecule has 0 aliphatic heterocycles. The van der Waals surface area contributed by atoms with Gasteiger partial charge in [-0.25, -0.2) is 9.59 Å². The summed E-state index contributed by atoms with van der Waals surface area (Å²) in [6, 6.07) is 12.5. The highest BCUT2D eigenvalue weighted by Crippen LogP contribution is 2.16. The summed E-state index contributed by atoms with van der Waals surface area (Å²) in [5.41, 5.74) is 0.895. The van der Waals surface area contributed by atoms with Gasteiger partial charge in [-0.1, -0.05) is 42.2 Å². The lowest BCUT2D eigenvalue weighted by molar-refractivity contribution is -0.137. The van der Waals surface area contributed by atoms with Crippen LogP contribution in [0.25, 0.3) is 0 Å². The van der Waals surface area contributed by atoms with Crippen molar-refractivity contribution in [1.82, 2.24) is 5.32 Å². The fourth-order valence-electron chi connectivity index (χ4n) is 1.85. The Bertz CT molecular complexity index is 832. The van der Waals surface area contributed by atoms with Crippen LogP contribution in [0.15, 0.2) is 42.5 Å². The Hall–Kier alpha value is -3.11. The summed E-state index contributed by atoms with van der Waals surface area (Å²) in [5, 5.41) is 2.52. The maximum Gasteiger partial charge on any atom is 0.408 e. The molecule has 0 aliphatic carbocycles. The van der Waals surface area contributed by atoms with E-state index in [4.69, 9.17) is 4.74 Å². The molecule has 1 N–H and O–H groups in total. The smallest absolute Gasteiger partial charge is 0.408 e. The number of Topliss-reactive ketones (excluding diaryl/α,β-unsaturated/α-hetero) is 1. The topological polar surface area (TPSA) is 81.7 Å². The number of hydrogen-bond acceptors (Lipinski definition) is 6. The molecule has 0 saturated carbocycles. The van der Waals surface area contributed by atoms with E-state index in [0.717, 1.165) is 16.9 Å². The molecule has 6 nitrogen and oxygen atoms in total. The van der Waals surface area contributed by atoms with Gasteiger partial charge in [-0.05, 0) is 24.6 Å². The van der Waals surface area contributed by atoms with Crippen LogP contribution in [0.2, 0.25) is 0 Å². The third-order valence-electron chi connectivity index (χ3n) is 3.04. The lowest BCUT2D eigenvalue weighted by Gasteiger charge is -2.04. The molecule has 1 aromatic carbocycles. The van der Waals surface area contributed by atoms with E-state index in [0.29, 0.717) is 4.88 Å². The van der Waals surface area contributed by atoms with Crippen molar-refractivity contribution in [2.75, 3.05) is 13.2 Å². The molecule has 7 heteroatoms. The molecule has 2 aromatic rings. The predicted molar refractivity (Wildman–Crippen MR) is 96.8 cm³/mol. The zero-order valence-corrected chi connectivity index (χ0v) is 14.9. The van der Waals surface area contributed by atoms with Gasteiger partial charge in [0.2, 0.25) is 0 Å². The number of carbonyl (C=O) groups excluding carboxylic acids is 3. The maximum absolute atomic E-state index is 11.8. The summed E-state index contributed by atoms with van der Waals surface area (Å²) in [7, 11) is 0. The highest BCUT2D eigenvalue weighted by molar-refractivity contribution is 7.15. The number of hydrogen-bond donors (Lipinski definition) is 1. The monoisotopic (exact) mass is 371 g/mol. The molecule has 0 spiro atoms. The Morgan fingerprint density at radius 3 is 2.58 bits per heavy atom. The summed E-state index contributed by atoms with van der Waals surface area (Å²) in [6.45, 7) is 2.07. The molecule has 134 valence electrons. The number of ketones is 1. The SMILES string of the molecule is CCOC(=O)C(=O)c1ccc(C#CCNC(=O)OCc2ccccc2)s1. The van der Waals surface area contributed by atoms with Crippen LogP contribution in [0.5, 0.6) is 0 Å². The molecular weight excluding hydrogens is 354 g/mol. The molecule has 0 unspecified atom stereocenters. The van der Waals surface area contributed by atoms with E-state index in [1.54, 1.807) is 13.0 Å². The second-order valence-electron chi connectivity index (χ2n) is 4.93. The molecule has 0 atom stereocenters. The fourth-order valence-corrected chi connectivity index (χ4v) is 2.65. The summed E-state index contributed by atoms with van der Waals surface area (Å²) < 4.78 is 9.72. The highest BCUT2D eigenvalue weighted by atomic mass is 32.1. The molecule has 1 heterocycles. The number of amides is 1. The van der Waals surface area contributed by atoms with Gasteiger partial charge in [0, 0.05) is 0 Å². The number of thiophene rings is 1. The van der Waals surface area contributed by atoms with Gasteiger partial charge >= 0.3 is 12.1 Å². The quantitative estimate of drug-likeness (QED) is 0.365. The van der Waals surface area contributed by atoms with Crippen LogP contribution in [-0.4, -0.2) is 31.0 Å². The first-order valence-corrected chi connectivity index (χ1v) is 8.66. The summed E-state index contributed by atoms with van der Waals surface area (Å²) >= 11 is 1.09. The summed E-state index contributed by atoms with van der Waals surface area (Å²) in [5.74, 6) is 4.01. The average Bonchev–Trinajstić information content (AvgIpc) is 3.13. The third kappa shape index (κ3) is 6.07. The molecule has 0 bridgehead atoms. The van der Waals surface area contributed by atoms with E-state index in [1.807, 2.05) is 30.3 Å². The van der Waals surface area contributed by atoms with Crippen LogP contribution >= 0.6 is 11.3 Å². The van der Waals surface area contributed by atoms with Crippen molar-refractivity contribution in [3.8, 4) is 11.8 Å². The number of rotatable bonds is 6. The first kappa shape index (κ1) is 19.2. The minimum absolute atomic E-state index is 0.104. The van der Waals surface area contributed by atoms with Crippen molar-refractivity contribution >= 4 is 29.2 Å². The zero-order chi connectivity index (χ0) is 18.8. The van der Waals surface area contributed by atoms with Crippen molar-refractivity contribution in [3.05, 3.63) is 57.8 Å². The Morgan fingerprint density at radius 1 is 1.08 bits per heavy atom.